The van der Waals surface area contributed by atoms with Crippen molar-refractivity contribution in [3.05, 3.63) is 47.2 Å². The van der Waals surface area contributed by atoms with Gasteiger partial charge in [-0.3, -0.25) is 9.78 Å². The first-order chi connectivity index (χ1) is 9.88. The van der Waals surface area contributed by atoms with Crippen LogP contribution in [-0.2, 0) is 14.6 Å². The summed E-state index contributed by atoms with van der Waals surface area (Å²) >= 11 is 3.27. The third kappa shape index (κ3) is 4.02. The molecule has 0 aliphatic heterocycles. The van der Waals surface area contributed by atoms with Crippen molar-refractivity contribution < 1.29 is 13.2 Å². The zero-order valence-electron chi connectivity index (χ0n) is 10.8. The summed E-state index contributed by atoms with van der Waals surface area (Å²) in [5, 5.41) is 2.52. The Morgan fingerprint density at radius 1 is 1.24 bits per heavy atom. The van der Waals surface area contributed by atoms with E-state index < -0.39 is 21.5 Å². The van der Waals surface area contributed by atoms with Crippen molar-refractivity contribution in [1.29, 1.82) is 0 Å². The molecule has 0 bridgehead atoms. The quantitative estimate of drug-likeness (QED) is 0.855. The summed E-state index contributed by atoms with van der Waals surface area (Å²) in [6, 6.07) is 8.08. The number of nitrogens with zero attached hydrogens (tertiary/aromatic N) is 1. The Kier molecular flexibility index (Phi) is 4.59. The van der Waals surface area contributed by atoms with Crippen molar-refractivity contribution in [3.8, 4) is 0 Å². The van der Waals surface area contributed by atoms with Crippen LogP contribution in [0.4, 0.5) is 11.4 Å². The number of aromatic nitrogens is 1. The molecule has 3 N–H and O–H groups in total. The predicted molar refractivity (Wildman–Crippen MR) is 83.5 cm³/mol. The van der Waals surface area contributed by atoms with Crippen molar-refractivity contribution in [3.63, 3.8) is 0 Å². The molecular formula is C13H12BrN3O3S. The molecule has 0 aliphatic rings. The monoisotopic (exact) mass is 369 g/mol. The average Bonchev–Trinajstić information content (AvgIpc) is 2.41. The number of nitrogens with two attached hydrogens (primary N) is 1. The number of rotatable bonds is 4. The van der Waals surface area contributed by atoms with E-state index in [0.717, 1.165) is 4.47 Å². The van der Waals surface area contributed by atoms with Gasteiger partial charge in [0.1, 0.15) is 5.75 Å². The van der Waals surface area contributed by atoms with Gasteiger partial charge in [0.05, 0.1) is 16.8 Å². The van der Waals surface area contributed by atoms with Gasteiger partial charge in [0.15, 0.2) is 9.84 Å². The van der Waals surface area contributed by atoms with Crippen LogP contribution in [0.15, 0.2) is 52.1 Å². The highest BCUT2D eigenvalue weighted by Crippen LogP contribution is 2.18. The van der Waals surface area contributed by atoms with Crippen LogP contribution in [0.25, 0.3) is 0 Å². The first kappa shape index (κ1) is 15.5. The van der Waals surface area contributed by atoms with E-state index in [2.05, 4.69) is 26.2 Å². The van der Waals surface area contributed by atoms with Crippen molar-refractivity contribution in [2.75, 3.05) is 16.8 Å². The third-order valence-corrected chi connectivity index (χ3v) is 4.81. The summed E-state index contributed by atoms with van der Waals surface area (Å²) in [6.45, 7) is 0. The number of pyridine rings is 1. The largest absolute Gasteiger partial charge is 0.396 e. The van der Waals surface area contributed by atoms with Gasteiger partial charge in [0.25, 0.3) is 0 Å². The number of hydrogen-bond acceptors (Lipinski definition) is 5. The average molecular weight is 370 g/mol. The highest BCUT2D eigenvalue weighted by Gasteiger charge is 2.21. The number of amides is 1. The summed E-state index contributed by atoms with van der Waals surface area (Å²) in [5.41, 5.74) is 6.11. The van der Waals surface area contributed by atoms with E-state index in [4.69, 9.17) is 5.73 Å². The molecule has 2 rings (SSSR count). The first-order valence-corrected chi connectivity index (χ1v) is 8.31. The van der Waals surface area contributed by atoms with E-state index in [-0.39, 0.29) is 10.6 Å². The number of benzene rings is 1. The Labute approximate surface area is 130 Å². The Hall–Kier alpha value is -1.93. The van der Waals surface area contributed by atoms with Gasteiger partial charge < -0.3 is 11.1 Å². The Morgan fingerprint density at radius 2 is 1.90 bits per heavy atom. The molecule has 1 aromatic carbocycles. The predicted octanol–water partition coefficient (Wildman–Crippen LogP) is 1.84. The number of halogens is 1. The van der Waals surface area contributed by atoms with Crippen LogP contribution >= 0.6 is 15.9 Å². The maximum atomic E-state index is 12.1. The lowest BCUT2D eigenvalue weighted by molar-refractivity contribution is -0.113. The molecule has 110 valence electrons. The van der Waals surface area contributed by atoms with Crippen molar-refractivity contribution in [2.45, 2.75) is 4.90 Å². The molecule has 21 heavy (non-hydrogen) atoms. The smallest absolute Gasteiger partial charge is 0.239 e. The van der Waals surface area contributed by atoms with Crippen LogP contribution in [0.1, 0.15) is 0 Å². The summed E-state index contributed by atoms with van der Waals surface area (Å²) in [5.74, 6) is -1.31. The molecule has 1 amide bonds. The molecule has 8 heteroatoms. The van der Waals surface area contributed by atoms with Crippen molar-refractivity contribution in [2.24, 2.45) is 0 Å². The lowest BCUT2D eigenvalue weighted by Gasteiger charge is -2.08. The molecule has 0 unspecified atom stereocenters. The summed E-state index contributed by atoms with van der Waals surface area (Å²) in [4.78, 5) is 15.5. The van der Waals surface area contributed by atoms with Crippen molar-refractivity contribution in [1.82, 2.24) is 4.98 Å². The number of carbonyl (C=O) groups excluding carboxylic acids is 1. The van der Waals surface area contributed by atoms with Crippen LogP contribution in [-0.4, -0.2) is 25.1 Å². The summed E-state index contributed by atoms with van der Waals surface area (Å²) < 4.78 is 25.1. The molecular weight excluding hydrogens is 358 g/mol. The highest BCUT2D eigenvalue weighted by molar-refractivity contribution is 9.10. The number of hydrogen-bond donors (Lipinski definition) is 2. The van der Waals surface area contributed by atoms with E-state index in [1.54, 1.807) is 24.3 Å². The lowest BCUT2D eigenvalue weighted by atomic mass is 10.3. The van der Waals surface area contributed by atoms with Crippen LogP contribution in [0, 0.1) is 0 Å². The Balaban J connectivity index is 2.12. The van der Waals surface area contributed by atoms with Crippen LogP contribution in [0.3, 0.4) is 0 Å². The standard InChI is InChI=1S/C13H12BrN3O3S/c14-9-1-3-10(4-2-9)17-13(18)8-21(19,20)12-5-6-16-7-11(12)15/h1-7H,8,15H2,(H,17,18). The van der Waals surface area contributed by atoms with Gasteiger partial charge in [-0.2, -0.15) is 0 Å². The van der Waals surface area contributed by atoms with Crippen molar-refractivity contribution >= 4 is 43.0 Å². The second kappa shape index (κ2) is 6.23. The van der Waals surface area contributed by atoms with Crippen LogP contribution in [0.2, 0.25) is 0 Å². The van der Waals surface area contributed by atoms with Crippen LogP contribution < -0.4 is 11.1 Å². The summed E-state index contributed by atoms with van der Waals surface area (Å²) in [6.07, 6.45) is 2.55. The zero-order valence-corrected chi connectivity index (χ0v) is 13.2. The van der Waals surface area contributed by atoms with E-state index in [1.807, 2.05) is 0 Å². The zero-order chi connectivity index (χ0) is 15.5. The van der Waals surface area contributed by atoms with E-state index in [1.165, 1.54) is 18.5 Å². The Morgan fingerprint density at radius 3 is 2.52 bits per heavy atom. The Bertz CT molecular complexity index is 760. The molecule has 1 heterocycles. The van der Waals surface area contributed by atoms with Gasteiger partial charge in [0.2, 0.25) is 5.91 Å². The minimum atomic E-state index is -3.80. The van der Waals surface area contributed by atoms with Gasteiger partial charge in [-0.25, -0.2) is 8.42 Å². The molecule has 0 atom stereocenters. The SMILES string of the molecule is Nc1cnccc1S(=O)(=O)CC(=O)Nc1ccc(Br)cc1. The fraction of sp³-hybridized carbons (Fsp3) is 0.0769. The summed E-state index contributed by atoms with van der Waals surface area (Å²) in [7, 11) is -3.80. The maximum Gasteiger partial charge on any atom is 0.239 e. The normalized spacial score (nSPS) is 11.1. The second-order valence-electron chi connectivity index (χ2n) is 4.23. The molecule has 2 aromatic rings. The molecule has 1 aromatic heterocycles. The van der Waals surface area contributed by atoms with E-state index in [0.29, 0.717) is 5.69 Å². The highest BCUT2D eigenvalue weighted by atomic mass is 79.9. The van der Waals surface area contributed by atoms with E-state index >= 15 is 0 Å². The topological polar surface area (TPSA) is 102 Å². The van der Waals surface area contributed by atoms with E-state index in [9.17, 15) is 13.2 Å². The van der Waals surface area contributed by atoms with Gasteiger partial charge in [0, 0.05) is 16.4 Å². The van der Waals surface area contributed by atoms with Gasteiger partial charge in [-0.05, 0) is 30.3 Å². The first-order valence-electron chi connectivity index (χ1n) is 5.86. The van der Waals surface area contributed by atoms with Gasteiger partial charge in [-0.15, -0.1) is 0 Å². The molecule has 6 nitrogen and oxygen atoms in total. The van der Waals surface area contributed by atoms with Crippen LogP contribution in [0.5, 0.6) is 0 Å². The number of sulfone groups is 1. The molecule has 0 saturated carbocycles. The number of nitrogens with one attached hydrogen (secondary N) is 1. The molecule has 0 spiro atoms. The molecule has 0 saturated heterocycles. The number of nitrogen functional groups attached to an aromatic ring is 1. The maximum absolute atomic E-state index is 12.1. The number of anilines is 2. The van der Waals surface area contributed by atoms with Gasteiger partial charge in [-0.1, -0.05) is 15.9 Å². The fourth-order valence-corrected chi connectivity index (χ4v) is 3.17. The minimum absolute atomic E-state index is 0.0222. The second-order valence-corrected chi connectivity index (χ2v) is 7.10. The fourth-order valence-electron chi connectivity index (χ4n) is 1.66. The minimum Gasteiger partial charge on any atom is -0.396 e. The van der Waals surface area contributed by atoms with Gasteiger partial charge >= 0.3 is 0 Å². The number of carbonyl (C=O) groups is 1. The molecule has 0 radical (unpaired) electrons. The molecule has 0 aliphatic carbocycles. The lowest BCUT2D eigenvalue weighted by Crippen LogP contribution is -2.23. The third-order valence-electron chi connectivity index (χ3n) is 2.59. The molecule has 0 fully saturated rings.